The molecule has 0 amide bonds. The van der Waals surface area contributed by atoms with Gasteiger partial charge in [-0.25, -0.2) is 9.59 Å². The molecule has 0 aliphatic carbocycles. The predicted octanol–water partition coefficient (Wildman–Crippen LogP) is 4.09. The molecule has 25 heavy (non-hydrogen) atoms. The Kier molecular flexibility index (Phi) is 8.19. The van der Waals surface area contributed by atoms with Crippen molar-refractivity contribution in [3.05, 3.63) is 53.1 Å². The molecule has 0 N–H and O–H groups in total. The van der Waals surface area contributed by atoms with Crippen molar-refractivity contribution < 1.29 is 23.8 Å². The molecule has 0 atom stereocenters. The quantitative estimate of drug-likeness (QED) is 0.423. The van der Waals surface area contributed by atoms with Crippen molar-refractivity contribution in [1.82, 2.24) is 0 Å². The number of hydrogen-bond acceptors (Lipinski definition) is 5. The highest BCUT2D eigenvalue weighted by molar-refractivity contribution is 5.90. The average molecular weight is 344 g/mol. The van der Waals surface area contributed by atoms with Crippen LogP contribution in [0.3, 0.4) is 0 Å². The normalized spacial score (nSPS) is 12.2. The summed E-state index contributed by atoms with van der Waals surface area (Å²) in [4.78, 5) is 23.5. The Balaban J connectivity index is 2.82. The van der Waals surface area contributed by atoms with Gasteiger partial charge in [-0.2, -0.15) is 0 Å². The first kappa shape index (κ1) is 20.2. The van der Waals surface area contributed by atoms with Gasteiger partial charge in [-0.15, -0.1) is 0 Å². The van der Waals surface area contributed by atoms with E-state index in [1.807, 2.05) is 6.07 Å². The Hall–Kier alpha value is -2.82. The maximum absolute atomic E-state index is 11.9. The number of esters is 2. The molecule has 0 heterocycles. The van der Waals surface area contributed by atoms with Gasteiger partial charge in [-0.05, 0) is 51.5 Å². The molecule has 0 radical (unpaired) electrons. The van der Waals surface area contributed by atoms with Crippen LogP contribution >= 0.6 is 0 Å². The van der Waals surface area contributed by atoms with E-state index in [2.05, 4.69) is 0 Å². The van der Waals surface area contributed by atoms with E-state index in [1.54, 1.807) is 64.1 Å². The van der Waals surface area contributed by atoms with Crippen molar-refractivity contribution >= 4 is 18.0 Å². The summed E-state index contributed by atoms with van der Waals surface area (Å²) >= 11 is 0. The third-order valence-electron chi connectivity index (χ3n) is 3.52. The van der Waals surface area contributed by atoms with Gasteiger partial charge in [0.05, 0.1) is 7.11 Å². The van der Waals surface area contributed by atoms with Gasteiger partial charge < -0.3 is 14.2 Å². The highest BCUT2D eigenvalue weighted by Gasteiger charge is 2.11. The molecule has 0 aromatic heterocycles. The number of carbonyl (C=O) groups excluding carboxylic acids is 2. The number of ether oxygens (including phenoxy) is 3. The van der Waals surface area contributed by atoms with E-state index in [0.717, 1.165) is 5.56 Å². The molecule has 5 nitrogen and oxygen atoms in total. The molecule has 0 saturated carbocycles. The third-order valence-corrected chi connectivity index (χ3v) is 3.52. The van der Waals surface area contributed by atoms with Crippen molar-refractivity contribution in [2.24, 2.45) is 0 Å². The Morgan fingerprint density at radius 1 is 1.00 bits per heavy atom. The van der Waals surface area contributed by atoms with Crippen LogP contribution in [0.4, 0.5) is 0 Å². The van der Waals surface area contributed by atoms with Crippen LogP contribution in [0.5, 0.6) is 11.5 Å². The maximum atomic E-state index is 11.9. The largest absolute Gasteiger partial charge is 0.493 e. The monoisotopic (exact) mass is 344 g/mol. The number of carbonyl (C=O) groups is 2. The summed E-state index contributed by atoms with van der Waals surface area (Å²) in [6.45, 7) is 7.08. The number of methoxy groups -OCH3 is 1. The van der Waals surface area contributed by atoms with Gasteiger partial charge in [0.15, 0.2) is 11.5 Å². The van der Waals surface area contributed by atoms with Crippen LogP contribution < -0.4 is 9.47 Å². The highest BCUT2D eigenvalue weighted by atomic mass is 16.6. The highest BCUT2D eigenvalue weighted by Crippen LogP contribution is 2.29. The molecule has 0 aliphatic heterocycles. The molecule has 0 saturated heterocycles. The molecular formula is C20H24O5. The standard InChI is InChI=1S/C20H24O5/c1-6-14(3)19(21)24-12-8-9-16-10-11-17(23-5)18(13-16)25-20(22)15(4)7-2/h6-11,13H,12H2,1-5H3. The van der Waals surface area contributed by atoms with E-state index < -0.39 is 5.97 Å². The van der Waals surface area contributed by atoms with Crippen LogP contribution in [0, 0.1) is 0 Å². The summed E-state index contributed by atoms with van der Waals surface area (Å²) in [5, 5.41) is 0. The predicted molar refractivity (Wildman–Crippen MR) is 97.5 cm³/mol. The molecule has 134 valence electrons. The summed E-state index contributed by atoms with van der Waals surface area (Å²) in [7, 11) is 1.51. The fourth-order valence-corrected chi connectivity index (χ4v) is 1.71. The second-order valence-corrected chi connectivity index (χ2v) is 5.24. The van der Waals surface area contributed by atoms with Gasteiger partial charge in [0.25, 0.3) is 0 Å². The van der Waals surface area contributed by atoms with Crippen molar-refractivity contribution in [3.63, 3.8) is 0 Å². The lowest BCUT2D eigenvalue weighted by Crippen LogP contribution is -2.09. The van der Waals surface area contributed by atoms with Crippen LogP contribution in [0.1, 0.15) is 33.3 Å². The van der Waals surface area contributed by atoms with Gasteiger partial charge in [0.2, 0.25) is 0 Å². The minimum absolute atomic E-state index is 0.156. The molecule has 1 aromatic carbocycles. The van der Waals surface area contributed by atoms with Crippen molar-refractivity contribution in [2.45, 2.75) is 27.7 Å². The minimum Gasteiger partial charge on any atom is -0.493 e. The third kappa shape index (κ3) is 6.30. The molecule has 0 aliphatic rings. The molecule has 1 aromatic rings. The molecule has 0 fully saturated rings. The SMILES string of the molecule is CC=C(C)C(=O)OCC=Cc1ccc(OC)c(OC(=O)C(C)=CC)c1. The zero-order valence-electron chi connectivity index (χ0n) is 15.3. The topological polar surface area (TPSA) is 61.8 Å². The Labute approximate surface area is 148 Å². The summed E-state index contributed by atoms with van der Waals surface area (Å²) in [6, 6.07) is 5.21. The Bertz CT molecular complexity index is 711. The minimum atomic E-state index is -0.433. The Morgan fingerprint density at radius 3 is 2.24 bits per heavy atom. The smallest absolute Gasteiger partial charge is 0.338 e. The molecule has 0 spiro atoms. The second kappa shape index (κ2) is 10.1. The van der Waals surface area contributed by atoms with Gasteiger partial charge >= 0.3 is 11.9 Å². The fraction of sp³-hybridized carbons (Fsp3) is 0.300. The van der Waals surface area contributed by atoms with E-state index in [1.165, 1.54) is 7.11 Å². The van der Waals surface area contributed by atoms with Crippen LogP contribution in [0.15, 0.2) is 47.6 Å². The van der Waals surface area contributed by atoms with Crippen LogP contribution in [-0.4, -0.2) is 25.7 Å². The number of hydrogen-bond donors (Lipinski definition) is 0. The average Bonchev–Trinajstić information content (AvgIpc) is 2.63. The molecule has 0 bridgehead atoms. The van der Waals surface area contributed by atoms with Crippen molar-refractivity contribution in [2.75, 3.05) is 13.7 Å². The van der Waals surface area contributed by atoms with Gasteiger partial charge in [0, 0.05) is 11.1 Å². The number of benzene rings is 1. The lowest BCUT2D eigenvalue weighted by atomic mass is 10.2. The van der Waals surface area contributed by atoms with Crippen molar-refractivity contribution in [1.29, 1.82) is 0 Å². The first-order valence-corrected chi connectivity index (χ1v) is 7.92. The molecule has 5 heteroatoms. The van der Waals surface area contributed by atoms with Gasteiger partial charge in [-0.1, -0.05) is 24.3 Å². The van der Waals surface area contributed by atoms with Gasteiger partial charge in [0.1, 0.15) is 6.61 Å². The van der Waals surface area contributed by atoms with Crippen molar-refractivity contribution in [3.8, 4) is 11.5 Å². The van der Waals surface area contributed by atoms with Crippen LogP contribution in [0.2, 0.25) is 0 Å². The number of rotatable bonds is 7. The van der Waals surface area contributed by atoms with E-state index in [0.29, 0.717) is 22.6 Å². The summed E-state index contributed by atoms with van der Waals surface area (Å²) in [5.41, 5.74) is 1.86. The van der Waals surface area contributed by atoms with Crippen LogP contribution in [-0.2, 0) is 14.3 Å². The summed E-state index contributed by atoms with van der Waals surface area (Å²) < 4.78 is 15.7. The lowest BCUT2D eigenvalue weighted by molar-refractivity contribution is -0.137. The lowest BCUT2D eigenvalue weighted by Gasteiger charge is -2.10. The van der Waals surface area contributed by atoms with E-state index in [4.69, 9.17) is 14.2 Å². The van der Waals surface area contributed by atoms with E-state index in [-0.39, 0.29) is 12.6 Å². The zero-order chi connectivity index (χ0) is 18.8. The van der Waals surface area contributed by atoms with E-state index >= 15 is 0 Å². The zero-order valence-corrected chi connectivity index (χ0v) is 15.3. The molecule has 0 unspecified atom stereocenters. The fourth-order valence-electron chi connectivity index (χ4n) is 1.71. The van der Waals surface area contributed by atoms with E-state index in [9.17, 15) is 9.59 Å². The molecular weight excluding hydrogens is 320 g/mol. The number of allylic oxidation sites excluding steroid dienone is 2. The molecule has 1 rings (SSSR count). The first-order valence-electron chi connectivity index (χ1n) is 7.92. The Morgan fingerprint density at radius 2 is 1.64 bits per heavy atom. The van der Waals surface area contributed by atoms with Gasteiger partial charge in [-0.3, -0.25) is 0 Å². The summed E-state index contributed by atoms with van der Waals surface area (Å²) in [5.74, 6) is 0.0122. The first-order chi connectivity index (χ1) is 11.9. The maximum Gasteiger partial charge on any atom is 0.338 e. The van der Waals surface area contributed by atoms with Crippen LogP contribution in [0.25, 0.3) is 6.08 Å². The second-order valence-electron chi connectivity index (χ2n) is 5.24. The summed E-state index contributed by atoms with van der Waals surface area (Å²) in [6.07, 6.45) is 6.87.